The van der Waals surface area contributed by atoms with E-state index >= 15 is 0 Å². The van der Waals surface area contributed by atoms with Crippen LogP contribution in [0.25, 0.3) is 0 Å². The lowest BCUT2D eigenvalue weighted by atomic mass is 10.1. The first-order valence-electron chi connectivity index (χ1n) is 6.63. The number of hydrogen-bond acceptors (Lipinski definition) is 4. The molecular formula is C14H20ClN3O2S. The molecule has 1 fully saturated rings. The number of piperazine rings is 1. The van der Waals surface area contributed by atoms with Gasteiger partial charge < -0.3 is 15.5 Å². The molecule has 1 unspecified atom stereocenters. The Morgan fingerprint density at radius 3 is 3.10 bits per heavy atom. The summed E-state index contributed by atoms with van der Waals surface area (Å²) >= 11 is 1.60. The topological polar surface area (TPSA) is 61.4 Å². The highest BCUT2D eigenvalue weighted by molar-refractivity contribution is 7.09. The van der Waals surface area contributed by atoms with Crippen molar-refractivity contribution in [2.24, 2.45) is 0 Å². The first-order chi connectivity index (χ1) is 9.70. The van der Waals surface area contributed by atoms with Crippen molar-refractivity contribution in [2.75, 3.05) is 19.6 Å². The SMILES string of the molecule is C=CCN1CCNC(CC(=O)NCc2cccs2)C1=O.Cl. The Bertz CT molecular complexity index is 479. The summed E-state index contributed by atoms with van der Waals surface area (Å²) in [5.74, 6) is -0.132. The van der Waals surface area contributed by atoms with Gasteiger partial charge >= 0.3 is 0 Å². The molecule has 2 amide bonds. The van der Waals surface area contributed by atoms with Gasteiger partial charge in [-0.25, -0.2) is 0 Å². The predicted molar refractivity (Wildman–Crippen MR) is 86.6 cm³/mol. The molecule has 1 aliphatic heterocycles. The van der Waals surface area contributed by atoms with Crippen LogP contribution in [0.2, 0.25) is 0 Å². The molecule has 0 bridgehead atoms. The summed E-state index contributed by atoms with van der Waals surface area (Å²) in [5.41, 5.74) is 0. The quantitative estimate of drug-likeness (QED) is 0.770. The lowest BCUT2D eigenvalue weighted by Gasteiger charge is -2.32. The van der Waals surface area contributed by atoms with E-state index in [-0.39, 0.29) is 30.6 Å². The molecule has 1 aromatic rings. The molecule has 1 aromatic heterocycles. The number of nitrogens with one attached hydrogen (secondary N) is 2. The van der Waals surface area contributed by atoms with Gasteiger partial charge in [0.1, 0.15) is 0 Å². The smallest absolute Gasteiger partial charge is 0.240 e. The third-order valence-electron chi connectivity index (χ3n) is 3.16. The normalized spacial score (nSPS) is 18.0. The van der Waals surface area contributed by atoms with Crippen molar-refractivity contribution in [3.05, 3.63) is 35.0 Å². The largest absolute Gasteiger partial charge is 0.351 e. The van der Waals surface area contributed by atoms with Crippen LogP contribution in [0.3, 0.4) is 0 Å². The summed E-state index contributed by atoms with van der Waals surface area (Å²) in [7, 11) is 0. The van der Waals surface area contributed by atoms with Gasteiger partial charge in [-0.05, 0) is 11.4 Å². The van der Waals surface area contributed by atoms with Crippen LogP contribution in [0.1, 0.15) is 11.3 Å². The average molecular weight is 330 g/mol. The predicted octanol–water partition coefficient (Wildman–Crippen LogP) is 1.16. The highest BCUT2D eigenvalue weighted by atomic mass is 35.5. The molecule has 116 valence electrons. The van der Waals surface area contributed by atoms with E-state index in [1.54, 1.807) is 22.3 Å². The summed E-state index contributed by atoms with van der Waals surface area (Å²) in [5, 5.41) is 7.91. The lowest BCUT2D eigenvalue weighted by molar-refractivity contribution is -0.137. The molecule has 21 heavy (non-hydrogen) atoms. The second-order valence-electron chi connectivity index (χ2n) is 4.64. The highest BCUT2D eigenvalue weighted by Gasteiger charge is 2.29. The zero-order chi connectivity index (χ0) is 14.4. The Labute approximate surface area is 134 Å². The van der Waals surface area contributed by atoms with Crippen LogP contribution < -0.4 is 10.6 Å². The van der Waals surface area contributed by atoms with Crippen molar-refractivity contribution in [3.8, 4) is 0 Å². The van der Waals surface area contributed by atoms with Crippen LogP contribution in [-0.4, -0.2) is 42.4 Å². The van der Waals surface area contributed by atoms with E-state index in [1.165, 1.54) is 0 Å². The Morgan fingerprint density at radius 1 is 1.62 bits per heavy atom. The molecule has 2 rings (SSSR count). The average Bonchev–Trinajstić information content (AvgIpc) is 2.94. The Morgan fingerprint density at radius 2 is 2.43 bits per heavy atom. The van der Waals surface area contributed by atoms with Crippen LogP contribution in [-0.2, 0) is 16.1 Å². The molecule has 5 nitrogen and oxygen atoms in total. The minimum atomic E-state index is -0.424. The number of nitrogens with zero attached hydrogens (tertiary/aromatic N) is 1. The van der Waals surface area contributed by atoms with Crippen molar-refractivity contribution >= 4 is 35.6 Å². The van der Waals surface area contributed by atoms with Crippen molar-refractivity contribution in [1.82, 2.24) is 15.5 Å². The highest BCUT2D eigenvalue weighted by Crippen LogP contribution is 2.08. The fourth-order valence-corrected chi connectivity index (χ4v) is 2.79. The second kappa shape index (κ2) is 8.81. The molecule has 2 N–H and O–H groups in total. The van der Waals surface area contributed by atoms with Crippen LogP contribution >= 0.6 is 23.7 Å². The molecule has 0 aromatic carbocycles. The maximum atomic E-state index is 12.1. The summed E-state index contributed by atoms with van der Waals surface area (Å²) < 4.78 is 0. The Balaban J connectivity index is 0.00000220. The number of hydrogen-bond donors (Lipinski definition) is 2. The van der Waals surface area contributed by atoms with Crippen LogP contribution in [0.15, 0.2) is 30.2 Å². The standard InChI is InChI=1S/C14H19N3O2S.ClH/c1-2-6-17-7-5-15-12(14(17)19)9-13(18)16-10-11-4-3-8-20-11;/h2-4,8,12,15H,1,5-7,9-10H2,(H,16,18);1H. The Hall–Kier alpha value is -1.37. The lowest BCUT2D eigenvalue weighted by Crippen LogP contribution is -2.56. The number of amides is 2. The fourth-order valence-electron chi connectivity index (χ4n) is 2.14. The molecule has 7 heteroatoms. The van der Waals surface area contributed by atoms with E-state index in [1.807, 2.05) is 17.5 Å². The molecule has 2 heterocycles. The summed E-state index contributed by atoms with van der Waals surface area (Å²) in [4.78, 5) is 26.8. The molecule has 1 saturated heterocycles. The van der Waals surface area contributed by atoms with E-state index in [2.05, 4.69) is 17.2 Å². The van der Waals surface area contributed by atoms with Crippen molar-refractivity contribution in [3.63, 3.8) is 0 Å². The number of halogens is 1. The number of carbonyl (C=O) groups is 2. The van der Waals surface area contributed by atoms with Gasteiger partial charge in [0.15, 0.2) is 0 Å². The fraction of sp³-hybridized carbons (Fsp3) is 0.429. The monoisotopic (exact) mass is 329 g/mol. The van der Waals surface area contributed by atoms with E-state index in [0.717, 1.165) is 4.88 Å². The van der Waals surface area contributed by atoms with Crippen LogP contribution in [0.4, 0.5) is 0 Å². The van der Waals surface area contributed by atoms with Gasteiger partial charge in [-0.3, -0.25) is 9.59 Å². The molecule has 1 atom stereocenters. The molecular weight excluding hydrogens is 310 g/mol. The van der Waals surface area contributed by atoms with Crippen molar-refractivity contribution in [1.29, 1.82) is 0 Å². The van der Waals surface area contributed by atoms with Gasteiger partial charge in [0, 0.05) is 24.5 Å². The van der Waals surface area contributed by atoms with Gasteiger partial charge in [-0.1, -0.05) is 12.1 Å². The van der Waals surface area contributed by atoms with E-state index in [0.29, 0.717) is 26.2 Å². The second-order valence-corrected chi connectivity index (χ2v) is 5.67. The molecule has 0 spiro atoms. The molecule has 0 saturated carbocycles. The first-order valence-corrected chi connectivity index (χ1v) is 7.51. The first kappa shape index (κ1) is 17.7. The molecule has 0 radical (unpaired) electrons. The van der Waals surface area contributed by atoms with Crippen molar-refractivity contribution < 1.29 is 9.59 Å². The maximum Gasteiger partial charge on any atom is 0.240 e. The minimum absolute atomic E-state index is 0. The molecule has 0 aliphatic carbocycles. The van der Waals surface area contributed by atoms with Gasteiger partial charge in [-0.15, -0.1) is 30.3 Å². The Kier molecular flexibility index (Phi) is 7.42. The zero-order valence-electron chi connectivity index (χ0n) is 11.7. The maximum absolute atomic E-state index is 12.1. The van der Waals surface area contributed by atoms with Gasteiger partial charge in [0.2, 0.25) is 11.8 Å². The van der Waals surface area contributed by atoms with Gasteiger partial charge in [0.05, 0.1) is 19.0 Å². The van der Waals surface area contributed by atoms with Gasteiger partial charge in [0.25, 0.3) is 0 Å². The number of carbonyl (C=O) groups excluding carboxylic acids is 2. The summed E-state index contributed by atoms with van der Waals surface area (Å²) in [6.07, 6.45) is 1.88. The third-order valence-corrected chi connectivity index (χ3v) is 4.04. The van der Waals surface area contributed by atoms with Gasteiger partial charge in [-0.2, -0.15) is 0 Å². The summed E-state index contributed by atoms with van der Waals surface area (Å²) in [6, 6.07) is 3.50. The van der Waals surface area contributed by atoms with E-state index < -0.39 is 6.04 Å². The van der Waals surface area contributed by atoms with Crippen molar-refractivity contribution in [2.45, 2.75) is 19.0 Å². The minimum Gasteiger partial charge on any atom is -0.351 e. The number of thiophene rings is 1. The molecule has 1 aliphatic rings. The summed E-state index contributed by atoms with van der Waals surface area (Å²) in [6.45, 7) is 6.07. The third kappa shape index (κ3) is 5.15. The number of rotatable bonds is 6. The van der Waals surface area contributed by atoms with Crippen LogP contribution in [0, 0.1) is 0 Å². The van der Waals surface area contributed by atoms with E-state index in [4.69, 9.17) is 0 Å². The van der Waals surface area contributed by atoms with Crippen LogP contribution in [0.5, 0.6) is 0 Å². The van der Waals surface area contributed by atoms with E-state index in [9.17, 15) is 9.59 Å². The zero-order valence-corrected chi connectivity index (χ0v) is 13.3.